The third-order valence-electron chi connectivity index (χ3n) is 4.65. The molecule has 1 aliphatic rings. The van der Waals surface area contributed by atoms with Gasteiger partial charge in [0.05, 0.1) is 17.5 Å². The standard InChI is InChI=1S/C20H20FNO5S/c1-12-4-5-15(10-17(12)21)20(24)27-11-19(23)14-6-7-18-16(9-14)8-13(2)22(18)28(3,25)26/h4-7,9-10,13H,8,11H2,1-3H3/t13-/m1/s1. The third-order valence-corrected chi connectivity index (χ3v) is 5.92. The van der Waals surface area contributed by atoms with E-state index >= 15 is 0 Å². The van der Waals surface area contributed by atoms with Crippen LogP contribution in [0.5, 0.6) is 0 Å². The van der Waals surface area contributed by atoms with Crippen molar-refractivity contribution < 1.29 is 27.1 Å². The van der Waals surface area contributed by atoms with E-state index in [9.17, 15) is 22.4 Å². The number of benzene rings is 2. The van der Waals surface area contributed by atoms with Gasteiger partial charge in [-0.1, -0.05) is 6.07 Å². The van der Waals surface area contributed by atoms with Crippen LogP contribution in [0.15, 0.2) is 36.4 Å². The van der Waals surface area contributed by atoms with E-state index in [0.29, 0.717) is 23.2 Å². The molecule has 28 heavy (non-hydrogen) atoms. The molecule has 0 radical (unpaired) electrons. The van der Waals surface area contributed by atoms with Crippen LogP contribution in [0.25, 0.3) is 0 Å². The summed E-state index contributed by atoms with van der Waals surface area (Å²) in [5.74, 6) is -1.73. The molecular weight excluding hydrogens is 385 g/mol. The molecule has 0 bridgehead atoms. The Morgan fingerprint density at radius 1 is 1.18 bits per heavy atom. The fraction of sp³-hybridized carbons (Fsp3) is 0.300. The lowest BCUT2D eigenvalue weighted by Crippen LogP contribution is -2.34. The number of aryl methyl sites for hydroxylation is 1. The van der Waals surface area contributed by atoms with Gasteiger partial charge in [0, 0.05) is 11.6 Å². The van der Waals surface area contributed by atoms with Crippen LogP contribution in [0.4, 0.5) is 10.1 Å². The Labute approximate surface area is 163 Å². The second-order valence-corrected chi connectivity index (χ2v) is 8.78. The number of esters is 1. The van der Waals surface area contributed by atoms with E-state index in [2.05, 4.69) is 0 Å². The molecular formula is C20H20FNO5S. The number of halogens is 1. The predicted molar refractivity (Wildman–Crippen MR) is 103 cm³/mol. The number of rotatable bonds is 5. The van der Waals surface area contributed by atoms with E-state index in [1.807, 2.05) is 0 Å². The van der Waals surface area contributed by atoms with E-state index < -0.39 is 34.2 Å². The van der Waals surface area contributed by atoms with Gasteiger partial charge in [0.1, 0.15) is 5.82 Å². The summed E-state index contributed by atoms with van der Waals surface area (Å²) in [6, 6.07) is 8.45. The van der Waals surface area contributed by atoms with Gasteiger partial charge < -0.3 is 4.74 Å². The maximum atomic E-state index is 13.6. The minimum atomic E-state index is -3.41. The minimum absolute atomic E-state index is 0.0301. The van der Waals surface area contributed by atoms with Crippen molar-refractivity contribution >= 4 is 27.5 Å². The molecule has 0 saturated heterocycles. The number of carbonyl (C=O) groups excluding carboxylic acids is 2. The van der Waals surface area contributed by atoms with Gasteiger partial charge in [0.15, 0.2) is 12.4 Å². The van der Waals surface area contributed by atoms with Gasteiger partial charge in [-0.25, -0.2) is 17.6 Å². The van der Waals surface area contributed by atoms with Crippen molar-refractivity contribution in [2.45, 2.75) is 26.3 Å². The van der Waals surface area contributed by atoms with Gasteiger partial charge in [-0.2, -0.15) is 0 Å². The first-order valence-corrected chi connectivity index (χ1v) is 10.5. The van der Waals surface area contributed by atoms with Crippen molar-refractivity contribution in [1.82, 2.24) is 0 Å². The van der Waals surface area contributed by atoms with Gasteiger partial charge in [0.25, 0.3) is 0 Å². The topological polar surface area (TPSA) is 80.8 Å². The van der Waals surface area contributed by atoms with Gasteiger partial charge in [-0.05, 0) is 61.7 Å². The lowest BCUT2D eigenvalue weighted by Gasteiger charge is -2.21. The third kappa shape index (κ3) is 3.91. The quantitative estimate of drug-likeness (QED) is 0.564. The fourth-order valence-electron chi connectivity index (χ4n) is 3.30. The predicted octanol–water partition coefficient (Wildman–Crippen LogP) is 2.88. The second-order valence-electron chi connectivity index (χ2n) is 6.92. The minimum Gasteiger partial charge on any atom is -0.454 e. The molecule has 0 spiro atoms. The first-order valence-electron chi connectivity index (χ1n) is 8.66. The molecule has 1 atom stereocenters. The monoisotopic (exact) mass is 405 g/mol. The molecule has 148 valence electrons. The van der Waals surface area contributed by atoms with Crippen molar-refractivity contribution in [1.29, 1.82) is 0 Å². The summed E-state index contributed by atoms with van der Waals surface area (Å²) in [4.78, 5) is 24.4. The summed E-state index contributed by atoms with van der Waals surface area (Å²) in [5.41, 5.74) is 2.06. The number of hydrogen-bond donors (Lipinski definition) is 0. The SMILES string of the molecule is Cc1ccc(C(=O)OCC(=O)c2ccc3c(c2)C[C@@H](C)N3S(C)(=O)=O)cc1F. The van der Waals surface area contributed by atoms with Gasteiger partial charge in [-0.3, -0.25) is 9.10 Å². The number of fused-ring (bicyclic) bond motifs is 1. The number of ether oxygens (including phenoxy) is 1. The molecule has 1 heterocycles. The number of anilines is 1. The molecule has 0 N–H and O–H groups in total. The average Bonchev–Trinajstić information content (AvgIpc) is 2.96. The zero-order valence-corrected chi connectivity index (χ0v) is 16.5. The highest BCUT2D eigenvalue weighted by atomic mass is 32.2. The van der Waals surface area contributed by atoms with Crippen LogP contribution in [0, 0.1) is 12.7 Å². The second kappa shape index (κ2) is 7.35. The molecule has 6 nitrogen and oxygen atoms in total. The van der Waals surface area contributed by atoms with E-state index in [4.69, 9.17) is 4.74 Å². The zero-order valence-electron chi connectivity index (χ0n) is 15.7. The summed E-state index contributed by atoms with van der Waals surface area (Å²) < 4.78 is 43.8. The number of sulfonamides is 1. The molecule has 0 unspecified atom stereocenters. The van der Waals surface area contributed by atoms with Crippen LogP contribution in [0.3, 0.4) is 0 Å². The Hall–Kier alpha value is -2.74. The highest BCUT2D eigenvalue weighted by Crippen LogP contribution is 2.34. The van der Waals surface area contributed by atoms with E-state index in [-0.39, 0.29) is 11.6 Å². The maximum Gasteiger partial charge on any atom is 0.338 e. The van der Waals surface area contributed by atoms with Gasteiger partial charge in [0.2, 0.25) is 10.0 Å². The Kier molecular flexibility index (Phi) is 5.25. The lowest BCUT2D eigenvalue weighted by molar-refractivity contribution is 0.0474. The molecule has 0 aromatic heterocycles. The van der Waals surface area contributed by atoms with Crippen LogP contribution in [-0.4, -0.2) is 39.1 Å². The van der Waals surface area contributed by atoms with Gasteiger partial charge in [-0.15, -0.1) is 0 Å². The van der Waals surface area contributed by atoms with Crippen molar-refractivity contribution in [3.63, 3.8) is 0 Å². The van der Waals surface area contributed by atoms with Crippen LogP contribution >= 0.6 is 0 Å². The van der Waals surface area contributed by atoms with E-state index in [0.717, 1.165) is 17.9 Å². The van der Waals surface area contributed by atoms with Crippen molar-refractivity contribution in [2.24, 2.45) is 0 Å². The number of nitrogens with zero attached hydrogens (tertiary/aromatic N) is 1. The Morgan fingerprint density at radius 3 is 2.50 bits per heavy atom. The van der Waals surface area contributed by atoms with Crippen LogP contribution in [-0.2, 0) is 21.2 Å². The van der Waals surface area contributed by atoms with Gasteiger partial charge >= 0.3 is 5.97 Å². The smallest absolute Gasteiger partial charge is 0.338 e. The number of hydrogen-bond acceptors (Lipinski definition) is 5. The Morgan fingerprint density at radius 2 is 1.86 bits per heavy atom. The van der Waals surface area contributed by atoms with Crippen LogP contribution in [0.1, 0.15) is 38.8 Å². The number of carbonyl (C=O) groups is 2. The molecule has 2 aromatic carbocycles. The molecule has 8 heteroatoms. The highest BCUT2D eigenvalue weighted by molar-refractivity contribution is 7.92. The van der Waals surface area contributed by atoms with Crippen molar-refractivity contribution in [3.8, 4) is 0 Å². The Bertz CT molecular complexity index is 1060. The fourth-order valence-corrected chi connectivity index (χ4v) is 4.56. The summed E-state index contributed by atoms with van der Waals surface area (Å²) in [6.45, 7) is 2.89. The average molecular weight is 405 g/mol. The number of Topliss-reactive ketones (excluding diaryl/α,β-unsaturated/α-hetero) is 1. The Balaban J connectivity index is 1.71. The highest BCUT2D eigenvalue weighted by Gasteiger charge is 2.32. The molecule has 1 aliphatic heterocycles. The first-order chi connectivity index (χ1) is 13.1. The van der Waals surface area contributed by atoms with Crippen molar-refractivity contribution in [3.05, 3.63) is 64.5 Å². The summed E-state index contributed by atoms with van der Waals surface area (Å²) in [7, 11) is -3.41. The van der Waals surface area contributed by atoms with E-state index in [1.165, 1.54) is 22.5 Å². The largest absolute Gasteiger partial charge is 0.454 e. The maximum absolute atomic E-state index is 13.6. The first kappa shape index (κ1) is 20.0. The zero-order chi connectivity index (χ0) is 20.6. The summed E-state index contributed by atoms with van der Waals surface area (Å²) >= 11 is 0. The molecule has 3 rings (SSSR count). The van der Waals surface area contributed by atoms with Crippen molar-refractivity contribution in [2.75, 3.05) is 17.2 Å². The molecule has 0 saturated carbocycles. The molecule has 0 amide bonds. The lowest BCUT2D eigenvalue weighted by atomic mass is 10.0. The molecule has 2 aromatic rings. The summed E-state index contributed by atoms with van der Waals surface area (Å²) in [6.07, 6.45) is 1.64. The summed E-state index contributed by atoms with van der Waals surface area (Å²) in [5, 5.41) is 0. The number of ketones is 1. The molecule has 0 fully saturated rings. The van der Waals surface area contributed by atoms with E-state index in [1.54, 1.807) is 26.0 Å². The van der Waals surface area contributed by atoms with Crippen LogP contribution in [0.2, 0.25) is 0 Å². The van der Waals surface area contributed by atoms with Crippen LogP contribution < -0.4 is 4.31 Å². The normalized spacial score (nSPS) is 16.0. The molecule has 0 aliphatic carbocycles.